The van der Waals surface area contributed by atoms with E-state index in [-0.39, 0.29) is 38.5 Å². The number of aliphatic hydroxyl groups is 2. The quantitative estimate of drug-likeness (QED) is 0.532. The van der Waals surface area contributed by atoms with Gasteiger partial charge in [0.2, 0.25) is 0 Å². The molecular formula is C12H15N3O5Y. The second kappa shape index (κ2) is 6.96. The Balaban J connectivity index is 0.00000220. The number of aromatic nitrogens is 2. The molecule has 0 amide bonds. The van der Waals surface area contributed by atoms with Crippen LogP contribution in [-0.4, -0.2) is 51.3 Å². The molecule has 111 valence electrons. The first-order valence-corrected chi connectivity index (χ1v) is 5.81. The Kier molecular flexibility index (Phi) is 6.05. The molecular weight excluding hydrogens is 355 g/mol. The molecule has 1 fully saturated rings. The van der Waals surface area contributed by atoms with E-state index in [1.165, 1.54) is 19.4 Å². The Morgan fingerprint density at radius 1 is 1.71 bits per heavy atom. The van der Waals surface area contributed by atoms with Crippen molar-refractivity contribution in [3.8, 4) is 12.3 Å². The number of nitrogens with zero attached hydrogens (tertiary/aromatic N) is 2. The second-order valence-corrected chi connectivity index (χ2v) is 4.37. The number of nitrogens with two attached hydrogens (primary N) is 1. The third kappa shape index (κ3) is 3.04. The zero-order valence-electron chi connectivity index (χ0n) is 11.3. The van der Waals surface area contributed by atoms with Crippen LogP contribution >= 0.6 is 0 Å². The number of anilines is 1. The predicted octanol–water partition coefficient (Wildman–Crippen LogP) is -1.91. The van der Waals surface area contributed by atoms with Crippen molar-refractivity contribution in [3.63, 3.8) is 0 Å². The minimum atomic E-state index is -1.85. The van der Waals surface area contributed by atoms with E-state index in [2.05, 4.69) is 10.9 Å². The minimum absolute atomic E-state index is 0. The standard InChI is InChI=1S/C12H15N3O5.Y/c1-3-12(18)7(6-16)20-10(9(12)19-2)15-5-4-8(13)14-11(15)17;/h1,4-5,7,9-10,16,18H,6H2,2H3,(H2,13,14,17);/t7-,9+,10-,12-;/m1./s1. The second-order valence-electron chi connectivity index (χ2n) is 4.37. The molecule has 4 atom stereocenters. The van der Waals surface area contributed by atoms with Crippen LogP contribution in [0.5, 0.6) is 0 Å². The molecule has 4 N–H and O–H groups in total. The number of nitrogen functional groups attached to an aromatic ring is 1. The summed E-state index contributed by atoms with van der Waals surface area (Å²) in [7, 11) is 1.32. The normalized spacial score (nSPS) is 31.4. The van der Waals surface area contributed by atoms with Gasteiger partial charge in [0.1, 0.15) is 18.0 Å². The number of hydrogen-bond acceptors (Lipinski definition) is 7. The van der Waals surface area contributed by atoms with Crippen LogP contribution in [0.15, 0.2) is 17.1 Å². The van der Waals surface area contributed by atoms with Gasteiger partial charge in [-0.15, -0.1) is 6.42 Å². The molecule has 1 saturated heterocycles. The number of terminal acetylenes is 1. The molecule has 1 aromatic rings. The van der Waals surface area contributed by atoms with Crippen LogP contribution < -0.4 is 11.4 Å². The monoisotopic (exact) mass is 370 g/mol. The number of ether oxygens (including phenoxy) is 2. The maximum Gasteiger partial charge on any atom is 0.351 e. The molecule has 0 aliphatic carbocycles. The Labute approximate surface area is 146 Å². The molecule has 9 heteroatoms. The maximum atomic E-state index is 11.8. The zero-order valence-corrected chi connectivity index (χ0v) is 14.2. The van der Waals surface area contributed by atoms with E-state index >= 15 is 0 Å². The number of hydrogen-bond donors (Lipinski definition) is 3. The van der Waals surface area contributed by atoms with E-state index in [1.807, 2.05) is 0 Å². The third-order valence-corrected chi connectivity index (χ3v) is 3.26. The van der Waals surface area contributed by atoms with Gasteiger partial charge in [0.15, 0.2) is 11.8 Å². The van der Waals surface area contributed by atoms with Crippen LogP contribution in [0, 0.1) is 12.3 Å². The van der Waals surface area contributed by atoms with E-state index in [0.29, 0.717) is 0 Å². The number of methoxy groups -OCH3 is 1. The van der Waals surface area contributed by atoms with Crippen molar-refractivity contribution in [2.24, 2.45) is 0 Å². The molecule has 0 saturated carbocycles. The molecule has 0 bridgehead atoms. The molecule has 1 aliphatic rings. The van der Waals surface area contributed by atoms with Gasteiger partial charge in [-0.3, -0.25) is 4.57 Å². The Hall–Kier alpha value is -0.816. The first-order valence-electron chi connectivity index (χ1n) is 5.81. The summed E-state index contributed by atoms with van der Waals surface area (Å²) < 4.78 is 11.7. The van der Waals surface area contributed by atoms with Crippen LogP contribution in [0.2, 0.25) is 0 Å². The van der Waals surface area contributed by atoms with E-state index in [9.17, 15) is 15.0 Å². The summed E-state index contributed by atoms with van der Waals surface area (Å²) in [6.45, 7) is -0.520. The van der Waals surface area contributed by atoms with Crippen molar-refractivity contribution < 1.29 is 52.4 Å². The number of aliphatic hydroxyl groups excluding tert-OH is 1. The molecule has 1 aliphatic heterocycles. The fourth-order valence-electron chi connectivity index (χ4n) is 2.23. The molecule has 8 nitrogen and oxygen atoms in total. The van der Waals surface area contributed by atoms with Crippen LogP contribution in [0.3, 0.4) is 0 Å². The molecule has 1 aromatic heterocycles. The summed E-state index contributed by atoms with van der Waals surface area (Å²) in [5.74, 6) is 2.22. The average Bonchev–Trinajstić information content (AvgIpc) is 2.71. The van der Waals surface area contributed by atoms with Gasteiger partial charge in [-0.25, -0.2) is 4.79 Å². The van der Waals surface area contributed by atoms with Crippen molar-refractivity contribution in [3.05, 3.63) is 22.7 Å². The van der Waals surface area contributed by atoms with Gasteiger partial charge in [0.05, 0.1) is 6.61 Å². The first kappa shape index (κ1) is 18.2. The third-order valence-electron chi connectivity index (χ3n) is 3.26. The first-order chi connectivity index (χ1) is 9.47. The fourth-order valence-corrected chi connectivity index (χ4v) is 2.23. The van der Waals surface area contributed by atoms with E-state index in [0.717, 1.165) is 4.57 Å². The summed E-state index contributed by atoms with van der Waals surface area (Å²) in [5, 5.41) is 19.7. The van der Waals surface area contributed by atoms with E-state index in [4.69, 9.17) is 21.6 Å². The van der Waals surface area contributed by atoms with Crippen molar-refractivity contribution in [1.82, 2.24) is 9.55 Å². The van der Waals surface area contributed by atoms with Crippen LogP contribution in [-0.2, 0) is 42.2 Å². The molecule has 0 unspecified atom stereocenters. The van der Waals surface area contributed by atoms with Gasteiger partial charge in [0.25, 0.3) is 0 Å². The average molecular weight is 370 g/mol. The van der Waals surface area contributed by atoms with Gasteiger partial charge < -0.3 is 25.4 Å². The zero-order chi connectivity index (χ0) is 14.9. The molecule has 0 aromatic carbocycles. The summed E-state index contributed by atoms with van der Waals surface area (Å²) in [6.07, 6.45) is 3.54. The molecule has 1 radical (unpaired) electrons. The maximum absolute atomic E-state index is 11.8. The largest absolute Gasteiger partial charge is 0.394 e. The molecule has 2 heterocycles. The molecule has 21 heavy (non-hydrogen) atoms. The topological polar surface area (TPSA) is 120 Å². The van der Waals surface area contributed by atoms with Gasteiger partial charge in [0, 0.05) is 46.0 Å². The van der Waals surface area contributed by atoms with Gasteiger partial charge in [-0.05, 0) is 6.07 Å². The summed E-state index contributed by atoms with van der Waals surface area (Å²) in [4.78, 5) is 15.4. The smallest absolute Gasteiger partial charge is 0.351 e. The van der Waals surface area contributed by atoms with Gasteiger partial charge >= 0.3 is 5.69 Å². The fraction of sp³-hybridized carbons (Fsp3) is 0.500. The predicted molar refractivity (Wildman–Crippen MR) is 68.5 cm³/mol. The molecule has 0 spiro atoms. The van der Waals surface area contributed by atoms with Crippen molar-refractivity contribution >= 4 is 5.82 Å². The molecule has 2 rings (SSSR count). The van der Waals surface area contributed by atoms with Gasteiger partial charge in [-0.2, -0.15) is 4.98 Å². The van der Waals surface area contributed by atoms with E-state index in [1.54, 1.807) is 0 Å². The SMILES string of the molecule is C#C[C@@]1(O)[C@@H](CO)O[C@@H](n2ccc(N)nc2=O)[C@@H]1OC.[Y]. The van der Waals surface area contributed by atoms with Crippen molar-refractivity contribution in [1.29, 1.82) is 0 Å². The summed E-state index contributed by atoms with van der Waals surface area (Å²) in [5.41, 5.74) is 2.88. The van der Waals surface area contributed by atoms with Gasteiger partial charge in [-0.1, -0.05) is 5.92 Å². The number of rotatable bonds is 3. The van der Waals surface area contributed by atoms with E-state index < -0.39 is 36.3 Å². The van der Waals surface area contributed by atoms with Crippen molar-refractivity contribution in [2.75, 3.05) is 19.5 Å². The Bertz CT molecular complexity index is 601. The van der Waals surface area contributed by atoms with Crippen LogP contribution in [0.25, 0.3) is 0 Å². The Morgan fingerprint density at radius 2 is 2.38 bits per heavy atom. The van der Waals surface area contributed by atoms with Crippen LogP contribution in [0.4, 0.5) is 5.82 Å². The summed E-state index contributed by atoms with van der Waals surface area (Å²) >= 11 is 0. The van der Waals surface area contributed by atoms with Crippen LogP contribution in [0.1, 0.15) is 6.23 Å². The van der Waals surface area contributed by atoms with Crippen molar-refractivity contribution in [2.45, 2.75) is 24.0 Å². The Morgan fingerprint density at radius 3 is 2.86 bits per heavy atom. The minimum Gasteiger partial charge on any atom is -0.394 e. The summed E-state index contributed by atoms with van der Waals surface area (Å²) in [6, 6.07) is 1.40.